The molecule has 0 amide bonds. The highest BCUT2D eigenvalue weighted by atomic mass is 35.5. The van der Waals surface area contributed by atoms with E-state index < -0.39 is 10.0 Å². The second-order valence-electron chi connectivity index (χ2n) is 6.17. The Morgan fingerprint density at radius 3 is 2.48 bits per heavy atom. The first-order valence-corrected chi connectivity index (χ1v) is 10.7. The number of para-hydroxylation sites is 1. The summed E-state index contributed by atoms with van der Waals surface area (Å²) in [4.78, 5) is 9.22. The van der Waals surface area contributed by atoms with Crippen LogP contribution in [0.3, 0.4) is 0 Å². The van der Waals surface area contributed by atoms with Gasteiger partial charge >= 0.3 is 0 Å². The summed E-state index contributed by atoms with van der Waals surface area (Å²) in [7, 11) is -3.61. The van der Waals surface area contributed by atoms with Gasteiger partial charge in [-0.3, -0.25) is 0 Å². The molecule has 0 spiro atoms. The first-order chi connectivity index (χ1) is 14.0. The molecule has 0 radical (unpaired) electrons. The molecule has 7 nitrogen and oxygen atoms in total. The molecule has 0 atom stereocenters. The van der Waals surface area contributed by atoms with Crippen LogP contribution in [0.5, 0.6) is 0 Å². The summed E-state index contributed by atoms with van der Waals surface area (Å²) in [5.41, 5.74) is 0.762. The Labute approximate surface area is 172 Å². The summed E-state index contributed by atoms with van der Waals surface area (Å²) in [5.74, 6) is 1.62. The fraction of sp³-hybridized carbons (Fsp3) is 0.100. The number of nitrogens with zero attached hydrogens (tertiary/aromatic N) is 2. The molecule has 0 saturated heterocycles. The van der Waals surface area contributed by atoms with Crippen LogP contribution in [0, 0.1) is 0 Å². The summed E-state index contributed by atoms with van der Waals surface area (Å²) in [6.45, 7) is 0.519. The van der Waals surface area contributed by atoms with Gasteiger partial charge in [0.05, 0.1) is 16.7 Å². The second kappa shape index (κ2) is 8.20. The molecule has 4 rings (SSSR count). The quantitative estimate of drug-likeness (QED) is 0.433. The maximum Gasteiger partial charge on any atom is 0.240 e. The number of aromatic nitrogens is 2. The Kier molecular flexibility index (Phi) is 5.48. The summed E-state index contributed by atoms with van der Waals surface area (Å²) < 4.78 is 32.7. The van der Waals surface area contributed by atoms with E-state index in [1.54, 1.807) is 18.4 Å². The average Bonchev–Trinajstić information content (AvgIpc) is 3.26. The lowest BCUT2D eigenvalue weighted by Crippen LogP contribution is -2.29. The van der Waals surface area contributed by atoms with Gasteiger partial charge in [0.2, 0.25) is 10.0 Å². The van der Waals surface area contributed by atoms with Gasteiger partial charge in [-0.1, -0.05) is 23.7 Å². The van der Waals surface area contributed by atoms with E-state index in [1.807, 2.05) is 24.3 Å². The van der Waals surface area contributed by atoms with Crippen molar-refractivity contribution in [2.75, 3.05) is 18.4 Å². The number of hydrogen-bond donors (Lipinski definition) is 2. The maximum absolute atomic E-state index is 12.4. The minimum atomic E-state index is -3.61. The molecule has 0 saturated carbocycles. The molecule has 0 unspecified atom stereocenters. The van der Waals surface area contributed by atoms with Crippen molar-refractivity contribution < 1.29 is 12.8 Å². The molecule has 148 valence electrons. The molecule has 0 aliphatic heterocycles. The Morgan fingerprint density at radius 2 is 1.72 bits per heavy atom. The fourth-order valence-electron chi connectivity index (χ4n) is 2.79. The van der Waals surface area contributed by atoms with E-state index >= 15 is 0 Å². The number of fused-ring (bicyclic) bond motifs is 1. The highest BCUT2D eigenvalue weighted by molar-refractivity contribution is 7.89. The number of benzene rings is 2. The van der Waals surface area contributed by atoms with Crippen LogP contribution in [-0.4, -0.2) is 31.5 Å². The molecular weight excluding hydrogens is 412 g/mol. The van der Waals surface area contributed by atoms with Crippen molar-refractivity contribution >= 4 is 38.3 Å². The fourth-order valence-corrected chi connectivity index (χ4v) is 3.95. The minimum absolute atomic E-state index is 0.162. The van der Waals surface area contributed by atoms with E-state index in [0.717, 1.165) is 10.9 Å². The number of hydrogen-bond acceptors (Lipinski definition) is 6. The SMILES string of the molecule is O=S(=O)(NCCNc1nc(-c2ccco2)nc2ccccc12)c1ccc(Cl)cc1. The van der Waals surface area contributed by atoms with Crippen molar-refractivity contribution in [3.05, 3.63) is 71.9 Å². The Balaban J connectivity index is 1.49. The van der Waals surface area contributed by atoms with E-state index in [2.05, 4.69) is 20.0 Å². The monoisotopic (exact) mass is 428 g/mol. The van der Waals surface area contributed by atoms with E-state index in [9.17, 15) is 8.42 Å². The summed E-state index contributed by atoms with van der Waals surface area (Å²) in [6, 6.07) is 17.1. The van der Waals surface area contributed by atoms with Crippen LogP contribution in [0.25, 0.3) is 22.5 Å². The number of halogens is 1. The lowest BCUT2D eigenvalue weighted by Gasteiger charge is -2.11. The van der Waals surface area contributed by atoms with Gasteiger partial charge in [-0.05, 0) is 48.5 Å². The summed E-state index contributed by atoms with van der Waals surface area (Å²) in [6.07, 6.45) is 1.56. The molecule has 2 heterocycles. The van der Waals surface area contributed by atoms with Crippen LogP contribution >= 0.6 is 11.6 Å². The van der Waals surface area contributed by atoms with Crippen molar-refractivity contribution in [2.45, 2.75) is 4.90 Å². The van der Waals surface area contributed by atoms with E-state index in [0.29, 0.717) is 29.0 Å². The van der Waals surface area contributed by atoms with Crippen LogP contribution in [0.2, 0.25) is 5.02 Å². The largest absolute Gasteiger partial charge is 0.461 e. The first-order valence-electron chi connectivity index (χ1n) is 8.83. The maximum atomic E-state index is 12.4. The third kappa shape index (κ3) is 4.40. The standard InChI is InChI=1S/C20H17ClN4O3S/c21-14-7-9-15(10-8-14)29(26,27)23-12-11-22-19-16-4-1-2-5-17(16)24-20(25-19)18-6-3-13-28-18/h1-10,13,23H,11-12H2,(H,22,24,25). The van der Waals surface area contributed by atoms with Gasteiger partial charge in [0, 0.05) is 23.5 Å². The van der Waals surface area contributed by atoms with Gasteiger partial charge in [0.15, 0.2) is 11.6 Å². The molecule has 0 aliphatic rings. The van der Waals surface area contributed by atoms with Crippen molar-refractivity contribution in [3.8, 4) is 11.6 Å². The molecule has 2 N–H and O–H groups in total. The average molecular weight is 429 g/mol. The van der Waals surface area contributed by atoms with Crippen molar-refractivity contribution in [1.29, 1.82) is 0 Å². The molecule has 29 heavy (non-hydrogen) atoms. The van der Waals surface area contributed by atoms with Crippen LogP contribution in [-0.2, 0) is 10.0 Å². The molecule has 2 aromatic heterocycles. The first kappa shape index (κ1) is 19.4. The van der Waals surface area contributed by atoms with Gasteiger partial charge in [-0.15, -0.1) is 0 Å². The predicted octanol–water partition coefficient (Wildman–Crippen LogP) is 3.93. The van der Waals surface area contributed by atoms with Crippen LogP contribution in [0.1, 0.15) is 0 Å². The molecule has 0 aliphatic carbocycles. The molecular formula is C20H17ClN4O3S. The molecule has 9 heteroatoms. The molecule has 0 fully saturated rings. The highest BCUT2D eigenvalue weighted by Crippen LogP contribution is 2.25. The van der Waals surface area contributed by atoms with Gasteiger partial charge in [0.25, 0.3) is 0 Å². The number of furan rings is 1. The van der Waals surface area contributed by atoms with E-state index in [1.165, 1.54) is 24.3 Å². The number of anilines is 1. The Hall–Kier alpha value is -2.94. The number of nitrogens with one attached hydrogen (secondary N) is 2. The van der Waals surface area contributed by atoms with Gasteiger partial charge in [-0.25, -0.2) is 23.1 Å². The van der Waals surface area contributed by atoms with Crippen molar-refractivity contribution in [3.63, 3.8) is 0 Å². The Bertz CT molecular complexity index is 1230. The predicted molar refractivity (Wildman–Crippen MR) is 112 cm³/mol. The smallest absolute Gasteiger partial charge is 0.240 e. The van der Waals surface area contributed by atoms with Gasteiger partial charge in [-0.2, -0.15) is 0 Å². The van der Waals surface area contributed by atoms with Crippen LogP contribution in [0.4, 0.5) is 5.82 Å². The lowest BCUT2D eigenvalue weighted by atomic mass is 10.2. The summed E-state index contributed by atoms with van der Waals surface area (Å²) >= 11 is 5.81. The van der Waals surface area contributed by atoms with Crippen molar-refractivity contribution in [1.82, 2.24) is 14.7 Å². The normalized spacial score (nSPS) is 11.6. The third-order valence-corrected chi connectivity index (χ3v) is 5.91. The zero-order valence-corrected chi connectivity index (χ0v) is 16.7. The third-order valence-electron chi connectivity index (χ3n) is 4.18. The van der Waals surface area contributed by atoms with Crippen molar-refractivity contribution in [2.24, 2.45) is 0 Å². The van der Waals surface area contributed by atoms with E-state index in [-0.39, 0.29) is 11.4 Å². The van der Waals surface area contributed by atoms with Crippen LogP contribution < -0.4 is 10.0 Å². The van der Waals surface area contributed by atoms with Gasteiger partial charge in [0.1, 0.15) is 5.82 Å². The summed E-state index contributed by atoms with van der Waals surface area (Å²) in [5, 5.41) is 4.50. The topological polar surface area (TPSA) is 97.1 Å². The number of sulfonamides is 1. The van der Waals surface area contributed by atoms with Crippen LogP contribution in [0.15, 0.2) is 76.2 Å². The number of rotatable bonds is 7. The lowest BCUT2D eigenvalue weighted by molar-refractivity contribution is 0.577. The second-order valence-corrected chi connectivity index (χ2v) is 8.37. The van der Waals surface area contributed by atoms with Gasteiger partial charge < -0.3 is 9.73 Å². The Morgan fingerprint density at radius 1 is 0.931 bits per heavy atom. The van der Waals surface area contributed by atoms with E-state index in [4.69, 9.17) is 16.0 Å². The zero-order chi connectivity index (χ0) is 20.3. The highest BCUT2D eigenvalue weighted by Gasteiger charge is 2.14. The zero-order valence-electron chi connectivity index (χ0n) is 15.2. The minimum Gasteiger partial charge on any atom is -0.461 e. The molecule has 0 bridgehead atoms. The molecule has 2 aromatic carbocycles. The molecule has 4 aromatic rings.